The average Bonchev–Trinajstić information content (AvgIpc) is 2.48. The number of ether oxygens (including phenoxy) is 1. The van der Waals surface area contributed by atoms with Crippen LogP contribution in [0.3, 0.4) is 0 Å². The molecule has 0 radical (unpaired) electrons. The maximum Gasteiger partial charge on any atom is 0.184 e. The molecule has 0 saturated carbocycles. The summed E-state index contributed by atoms with van der Waals surface area (Å²) in [4.78, 5) is 2.48. The van der Waals surface area contributed by atoms with Crippen molar-refractivity contribution >= 4 is 9.84 Å². The van der Waals surface area contributed by atoms with Gasteiger partial charge in [0.2, 0.25) is 0 Å². The second-order valence-corrected chi connectivity index (χ2v) is 7.39. The lowest BCUT2D eigenvalue weighted by molar-refractivity contribution is 0.0342. The maximum absolute atomic E-state index is 12.2. The zero-order valence-electron chi connectivity index (χ0n) is 12.7. The van der Waals surface area contributed by atoms with Crippen molar-refractivity contribution in [3.05, 3.63) is 41.3 Å². The van der Waals surface area contributed by atoms with Crippen LogP contribution in [0.15, 0.2) is 40.6 Å². The topological polar surface area (TPSA) is 92.9 Å². The SMILES string of the molecule is C/C(O)=C(/N)CS(=O)(=O)c1ccc(CN2CCOCC2)cc1. The van der Waals surface area contributed by atoms with Crippen molar-refractivity contribution in [2.24, 2.45) is 5.73 Å². The minimum atomic E-state index is -3.53. The molecule has 6 nitrogen and oxygen atoms in total. The lowest BCUT2D eigenvalue weighted by atomic mass is 10.2. The van der Waals surface area contributed by atoms with Gasteiger partial charge in [-0.3, -0.25) is 4.90 Å². The highest BCUT2D eigenvalue weighted by Crippen LogP contribution is 2.16. The lowest BCUT2D eigenvalue weighted by Gasteiger charge is -2.26. The maximum atomic E-state index is 12.2. The standard InChI is InChI=1S/C15H22N2O4S/c1-12(18)15(16)11-22(19,20)14-4-2-13(3-5-14)10-17-6-8-21-9-7-17/h2-5,18H,6-11,16H2,1H3/b15-12-. The molecule has 0 aromatic heterocycles. The van der Waals surface area contributed by atoms with Gasteiger partial charge in [0.1, 0.15) is 5.76 Å². The van der Waals surface area contributed by atoms with E-state index in [1.807, 2.05) is 12.1 Å². The molecule has 1 aliphatic heterocycles. The summed E-state index contributed by atoms with van der Waals surface area (Å²) in [5.74, 6) is -0.537. The number of aliphatic hydroxyl groups is 1. The van der Waals surface area contributed by atoms with Gasteiger partial charge in [-0.15, -0.1) is 0 Å². The molecule has 1 saturated heterocycles. The minimum absolute atomic E-state index is 0.0302. The lowest BCUT2D eigenvalue weighted by Crippen LogP contribution is -2.35. The van der Waals surface area contributed by atoms with E-state index in [2.05, 4.69) is 4.90 Å². The van der Waals surface area contributed by atoms with Gasteiger partial charge in [-0.1, -0.05) is 12.1 Å². The predicted octanol–water partition coefficient (Wildman–Crippen LogP) is 1.04. The second kappa shape index (κ2) is 7.13. The Bertz CT molecular complexity index is 628. The molecule has 2 rings (SSSR count). The molecular formula is C15H22N2O4S. The van der Waals surface area contributed by atoms with Crippen molar-refractivity contribution in [2.45, 2.75) is 18.4 Å². The van der Waals surface area contributed by atoms with E-state index in [0.29, 0.717) is 0 Å². The molecule has 22 heavy (non-hydrogen) atoms. The van der Waals surface area contributed by atoms with Crippen molar-refractivity contribution in [1.82, 2.24) is 4.90 Å². The number of hydrogen-bond donors (Lipinski definition) is 2. The fraction of sp³-hybridized carbons (Fsp3) is 0.467. The third-order valence-corrected chi connectivity index (χ3v) is 5.28. The van der Waals surface area contributed by atoms with Crippen molar-refractivity contribution in [2.75, 3.05) is 32.1 Å². The molecule has 0 amide bonds. The van der Waals surface area contributed by atoms with Gasteiger partial charge < -0.3 is 15.6 Å². The molecule has 1 aliphatic rings. The summed E-state index contributed by atoms with van der Waals surface area (Å²) in [5.41, 5.74) is 6.55. The van der Waals surface area contributed by atoms with Crippen molar-refractivity contribution in [3.63, 3.8) is 0 Å². The molecule has 1 aromatic carbocycles. The summed E-state index contributed by atoms with van der Waals surface area (Å²) < 4.78 is 29.7. The van der Waals surface area contributed by atoms with Crippen LogP contribution in [0.25, 0.3) is 0 Å². The van der Waals surface area contributed by atoms with E-state index in [4.69, 9.17) is 10.5 Å². The number of benzene rings is 1. The highest BCUT2D eigenvalue weighted by molar-refractivity contribution is 7.91. The van der Waals surface area contributed by atoms with Crippen LogP contribution in [-0.2, 0) is 21.1 Å². The van der Waals surface area contributed by atoms with Gasteiger partial charge in [-0.2, -0.15) is 0 Å². The van der Waals surface area contributed by atoms with E-state index in [-0.39, 0.29) is 22.1 Å². The summed E-state index contributed by atoms with van der Waals surface area (Å²) in [7, 11) is -3.53. The molecule has 3 N–H and O–H groups in total. The highest BCUT2D eigenvalue weighted by Gasteiger charge is 2.17. The monoisotopic (exact) mass is 326 g/mol. The largest absolute Gasteiger partial charge is 0.511 e. The smallest absolute Gasteiger partial charge is 0.184 e. The molecule has 122 valence electrons. The van der Waals surface area contributed by atoms with Crippen molar-refractivity contribution in [1.29, 1.82) is 0 Å². The molecular weight excluding hydrogens is 304 g/mol. The fourth-order valence-corrected chi connectivity index (χ4v) is 3.55. The van der Waals surface area contributed by atoms with Crippen molar-refractivity contribution < 1.29 is 18.3 Å². The van der Waals surface area contributed by atoms with Crippen LogP contribution >= 0.6 is 0 Å². The third kappa shape index (κ3) is 4.46. The number of morpholine rings is 1. The quantitative estimate of drug-likeness (QED) is 0.786. The number of sulfone groups is 1. The number of hydrogen-bond acceptors (Lipinski definition) is 6. The predicted molar refractivity (Wildman–Crippen MR) is 84.1 cm³/mol. The summed E-state index contributed by atoms with van der Waals surface area (Å²) in [5, 5.41) is 9.23. The highest BCUT2D eigenvalue weighted by atomic mass is 32.2. The first-order valence-corrected chi connectivity index (χ1v) is 8.80. The van der Waals surface area contributed by atoms with Gasteiger partial charge in [0, 0.05) is 19.6 Å². The summed E-state index contributed by atoms with van der Waals surface area (Å²) in [6, 6.07) is 6.80. The Balaban J connectivity index is 2.06. The third-order valence-electron chi connectivity index (χ3n) is 3.60. The minimum Gasteiger partial charge on any atom is -0.511 e. The first-order chi connectivity index (χ1) is 10.4. The van der Waals surface area contributed by atoms with Crippen LogP contribution in [0.2, 0.25) is 0 Å². The van der Waals surface area contributed by atoms with E-state index in [9.17, 15) is 13.5 Å². The Hall–Kier alpha value is -1.57. The van der Waals surface area contributed by atoms with Crippen LogP contribution in [0.1, 0.15) is 12.5 Å². The molecule has 0 aliphatic carbocycles. The number of allylic oxidation sites excluding steroid dienone is 1. The summed E-state index contributed by atoms with van der Waals surface area (Å²) in [6.45, 7) is 5.39. The number of aliphatic hydroxyl groups excluding tert-OH is 1. The van der Waals surface area contributed by atoms with E-state index < -0.39 is 9.84 Å². The van der Waals surface area contributed by atoms with E-state index >= 15 is 0 Å². The summed E-state index contributed by atoms with van der Waals surface area (Å²) >= 11 is 0. The van der Waals surface area contributed by atoms with Crippen molar-refractivity contribution in [3.8, 4) is 0 Å². The first kappa shape index (κ1) is 16.8. The zero-order chi connectivity index (χ0) is 16.2. The Morgan fingerprint density at radius 2 is 1.86 bits per heavy atom. The Morgan fingerprint density at radius 1 is 1.27 bits per heavy atom. The van der Waals surface area contributed by atoms with Gasteiger partial charge in [-0.05, 0) is 24.6 Å². The fourth-order valence-electron chi connectivity index (χ4n) is 2.21. The average molecular weight is 326 g/mol. The second-order valence-electron chi connectivity index (χ2n) is 5.40. The van der Waals surface area contributed by atoms with Crippen LogP contribution < -0.4 is 5.73 Å². The molecule has 1 aromatic rings. The van der Waals surface area contributed by atoms with E-state index in [0.717, 1.165) is 38.4 Å². The molecule has 1 fully saturated rings. The van der Waals surface area contributed by atoms with Gasteiger partial charge in [-0.25, -0.2) is 8.42 Å². The number of nitrogens with zero attached hydrogens (tertiary/aromatic N) is 1. The molecule has 0 bridgehead atoms. The van der Waals surface area contributed by atoms with Gasteiger partial charge in [0.25, 0.3) is 0 Å². The van der Waals surface area contributed by atoms with Gasteiger partial charge in [0.05, 0.1) is 29.6 Å². The van der Waals surface area contributed by atoms with Crippen LogP contribution in [0.5, 0.6) is 0 Å². The first-order valence-electron chi connectivity index (χ1n) is 7.14. The number of nitrogens with two attached hydrogens (primary N) is 1. The van der Waals surface area contributed by atoms with Crippen LogP contribution in [-0.4, -0.2) is 50.5 Å². The molecule has 1 heterocycles. The van der Waals surface area contributed by atoms with Gasteiger partial charge in [0.15, 0.2) is 9.84 Å². The number of rotatable bonds is 5. The Labute approximate surface area is 131 Å². The molecule has 0 unspecified atom stereocenters. The Kier molecular flexibility index (Phi) is 5.44. The summed E-state index contributed by atoms with van der Waals surface area (Å²) in [6.07, 6.45) is 0. The van der Waals surface area contributed by atoms with Crippen LogP contribution in [0.4, 0.5) is 0 Å². The zero-order valence-corrected chi connectivity index (χ0v) is 13.5. The van der Waals surface area contributed by atoms with E-state index in [1.54, 1.807) is 12.1 Å². The van der Waals surface area contributed by atoms with Crippen LogP contribution in [0, 0.1) is 0 Å². The normalized spacial score (nSPS) is 18.0. The molecule has 0 spiro atoms. The Morgan fingerprint density at radius 3 is 2.41 bits per heavy atom. The molecule has 0 atom stereocenters. The molecule has 7 heteroatoms. The van der Waals surface area contributed by atoms with Gasteiger partial charge >= 0.3 is 0 Å². The van der Waals surface area contributed by atoms with E-state index in [1.165, 1.54) is 6.92 Å².